The van der Waals surface area contributed by atoms with E-state index in [1.54, 1.807) is 18.2 Å². The fraction of sp³-hybridized carbons (Fsp3) is 0.538. The highest BCUT2D eigenvalue weighted by Crippen LogP contribution is 2.26. The lowest BCUT2D eigenvalue weighted by Gasteiger charge is -2.24. The summed E-state index contributed by atoms with van der Waals surface area (Å²) in [5.41, 5.74) is 0.592. The molecule has 114 valence electrons. The highest BCUT2D eigenvalue weighted by atomic mass is 35.5. The first kappa shape index (κ1) is 17.7. The Morgan fingerprint density at radius 1 is 1.35 bits per heavy atom. The molecule has 0 spiro atoms. The average molecular weight is 340 g/mol. The number of nitrogens with zero attached hydrogens (tertiary/aromatic N) is 1. The molecule has 1 aromatic rings. The van der Waals surface area contributed by atoms with Gasteiger partial charge in [0.15, 0.2) is 0 Å². The molecule has 0 radical (unpaired) electrons. The van der Waals surface area contributed by atoms with E-state index in [0.29, 0.717) is 35.2 Å². The van der Waals surface area contributed by atoms with Crippen LogP contribution in [-0.4, -0.2) is 50.1 Å². The minimum Gasteiger partial charge on any atom is -0.387 e. The van der Waals surface area contributed by atoms with Crippen LogP contribution < -0.4 is 0 Å². The predicted molar refractivity (Wildman–Crippen MR) is 83.2 cm³/mol. The monoisotopic (exact) mass is 339 g/mol. The minimum absolute atomic E-state index is 0.0713. The topological polar surface area (TPSA) is 57.6 Å². The molecule has 0 fully saturated rings. The SMILES string of the molecule is CCN(CCS(C)(=O)=O)CC(O)c1ccc(Cl)cc1Cl. The largest absolute Gasteiger partial charge is 0.387 e. The van der Waals surface area contributed by atoms with Crippen LogP contribution in [0.2, 0.25) is 10.0 Å². The summed E-state index contributed by atoms with van der Waals surface area (Å²) in [6, 6.07) is 4.92. The van der Waals surface area contributed by atoms with E-state index in [2.05, 4.69) is 0 Å². The van der Waals surface area contributed by atoms with Crippen LogP contribution in [0.25, 0.3) is 0 Å². The molecule has 1 unspecified atom stereocenters. The third-order valence-corrected chi connectivity index (χ3v) is 4.46. The number of sulfone groups is 1. The molecule has 20 heavy (non-hydrogen) atoms. The van der Waals surface area contributed by atoms with Gasteiger partial charge in [0.2, 0.25) is 0 Å². The van der Waals surface area contributed by atoms with Crippen molar-refractivity contribution in [3.05, 3.63) is 33.8 Å². The van der Waals surface area contributed by atoms with Crippen LogP contribution in [0.4, 0.5) is 0 Å². The first-order chi connectivity index (χ1) is 9.23. The van der Waals surface area contributed by atoms with Gasteiger partial charge in [0.25, 0.3) is 0 Å². The van der Waals surface area contributed by atoms with E-state index < -0.39 is 15.9 Å². The van der Waals surface area contributed by atoms with Gasteiger partial charge in [-0.05, 0) is 18.7 Å². The molecule has 0 aliphatic heterocycles. The standard InChI is InChI=1S/C13H19Cl2NO3S/c1-3-16(6-7-20(2,18)19)9-13(17)11-5-4-10(14)8-12(11)15/h4-5,8,13,17H,3,6-7,9H2,1-2H3. The summed E-state index contributed by atoms with van der Waals surface area (Å²) in [5, 5.41) is 11.1. The Labute approximate surface area is 130 Å². The third-order valence-electron chi connectivity index (χ3n) is 2.98. The molecule has 0 heterocycles. The van der Waals surface area contributed by atoms with Crippen molar-refractivity contribution in [3.8, 4) is 0 Å². The lowest BCUT2D eigenvalue weighted by atomic mass is 10.1. The molecule has 0 bridgehead atoms. The third kappa shape index (κ3) is 5.97. The summed E-state index contributed by atoms with van der Waals surface area (Å²) < 4.78 is 22.3. The fourth-order valence-electron chi connectivity index (χ4n) is 1.79. The van der Waals surface area contributed by atoms with E-state index >= 15 is 0 Å². The molecule has 0 aromatic heterocycles. The second-order valence-electron chi connectivity index (χ2n) is 4.70. The van der Waals surface area contributed by atoms with Crippen molar-refractivity contribution < 1.29 is 13.5 Å². The smallest absolute Gasteiger partial charge is 0.148 e. The molecule has 1 aromatic carbocycles. The Morgan fingerprint density at radius 3 is 2.50 bits per heavy atom. The van der Waals surface area contributed by atoms with Crippen LogP contribution in [0.3, 0.4) is 0 Å². The van der Waals surface area contributed by atoms with Gasteiger partial charge in [-0.1, -0.05) is 36.2 Å². The van der Waals surface area contributed by atoms with Crippen LogP contribution in [-0.2, 0) is 9.84 Å². The molecule has 0 aliphatic rings. The van der Waals surface area contributed by atoms with Gasteiger partial charge in [0.05, 0.1) is 11.9 Å². The zero-order chi connectivity index (χ0) is 15.3. The summed E-state index contributed by atoms with van der Waals surface area (Å²) in [4.78, 5) is 1.87. The van der Waals surface area contributed by atoms with Gasteiger partial charge in [-0.2, -0.15) is 0 Å². The quantitative estimate of drug-likeness (QED) is 0.828. The summed E-state index contributed by atoms with van der Waals surface area (Å²) in [5.74, 6) is 0.0713. The van der Waals surface area contributed by atoms with Gasteiger partial charge >= 0.3 is 0 Å². The van der Waals surface area contributed by atoms with Crippen molar-refractivity contribution in [2.75, 3.05) is 31.6 Å². The molecule has 4 nitrogen and oxygen atoms in total. The van der Waals surface area contributed by atoms with Crippen molar-refractivity contribution in [3.63, 3.8) is 0 Å². The molecule has 0 saturated carbocycles. The van der Waals surface area contributed by atoms with Crippen molar-refractivity contribution in [1.29, 1.82) is 0 Å². The van der Waals surface area contributed by atoms with Gasteiger partial charge in [0.1, 0.15) is 9.84 Å². The van der Waals surface area contributed by atoms with E-state index in [4.69, 9.17) is 23.2 Å². The van der Waals surface area contributed by atoms with E-state index in [1.807, 2.05) is 11.8 Å². The van der Waals surface area contributed by atoms with Crippen molar-refractivity contribution >= 4 is 33.0 Å². The molecule has 7 heteroatoms. The summed E-state index contributed by atoms with van der Waals surface area (Å²) in [6.45, 7) is 3.28. The Bertz CT molecular complexity index is 549. The lowest BCUT2D eigenvalue weighted by molar-refractivity contribution is 0.119. The van der Waals surface area contributed by atoms with Gasteiger partial charge in [0, 0.05) is 35.0 Å². The number of rotatable bonds is 7. The van der Waals surface area contributed by atoms with Crippen molar-refractivity contribution in [2.45, 2.75) is 13.0 Å². The number of benzene rings is 1. The van der Waals surface area contributed by atoms with E-state index in [0.717, 1.165) is 0 Å². The van der Waals surface area contributed by atoms with Crippen LogP contribution in [0, 0.1) is 0 Å². The van der Waals surface area contributed by atoms with Crippen molar-refractivity contribution in [2.24, 2.45) is 0 Å². The molecular formula is C13H19Cl2NO3S. The lowest BCUT2D eigenvalue weighted by Crippen LogP contribution is -2.32. The normalized spacial score (nSPS) is 13.7. The van der Waals surface area contributed by atoms with Crippen molar-refractivity contribution in [1.82, 2.24) is 4.90 Å². The number of hydrogen-bond acceptors (Lipinski definition) is 4. The van der Waals surface area contributed by atoms with Crippen LogP contribution in [0.15, 0.2) is 18.2 Å². The second-order valence-corrected chi connectivity index (χ2v) is 7.81. The summed E-state index contributed by atoms with van der Waals surface area (Å²) in [7, 11) is -3.01. The molecule has 1 N–H and O–H groups in total. The summed E-state index contributed by atoms with van der Waals surface area (Å²) in [6.07, 6.45) is 0.423. The highest BCUT2D eigenvalue weighted by molar-refractivity contribution is 7.90. The van der Waals surface area contributed by atoms with Crippen LogP contribution in [0.5, 0.6) is 0 Å². The zero-order valence-electron chi connectivity index (χ0n) is 11.5. The number of likely N-dealkylation sites (N-methyl/N-ethyl adjacent to an activating group) is 1. The zero-order valence-corrected chi connectivity index (χ0v) is 13.8. The summed E-state index contributed by atoms with van der Waals surface area (Å²) >= 11 is 11.9. The first-order valence-corrected chi connectivity index (χ1v) is 9.07. The Morgan fingerprint density at radius 2 is 2.00 bits per heavy atom. The fourth-order valence-corrected chi connectivity index (χ4v) is 2.91. The van der Waals surface area contributed by atoms with E-state index in [-0.39, 0.29) is 5.75 Å². The minimum atomic E-state index is -3.01. The predicted octanol–water partition coefficient (Wildman–Crippen LogP) is 2.39. The molecule has 0 aliphatic carbocycles. The van der Waals surface area contributed by atoms with E-state index in [9.17, 15) is 13.5 Å². The molecular weight excluding hydrogens is 321 g/mol. The highest BCUT2D eigenvalue weighted by Gasteiger charge is 2.16. The Kier molecular flexibility index (Phi) is 6.75. The molecule has 1 atom stereocenters. The maximum absolute atomic E-state index is 11.2. The molecule has 0 amide bonds. The molecule has 1 rings (SSSR count). The second kappa shape index (κ2) is 7.61. The average Bonchev–Trinajstić information content (AvgIpc) is 2.33. The number of halogens is 2. The van der Waals surface area contributed by atoms with E-state index in [1.165, 1.54) is 6.26 Å². The van der Waals surface area contributed by atoms with Gasteiger partial charge in [-0.3, -0.25) is 4.90 Å². The van der Waals surface area contributed by atoms with Gasteiger partial charge in [-0.15, -0.1) is 0 Å². The Balaban J connectivity index is 2.69. The van der Waals surface area contributed by atoms with Crippen LogP contribution in [0.1, 0.15) is 18.6 Å². The maximum Gasteiger partial charge on any atom is 0.148 e. The maximum atomic E-state index is 11.2. The Hall–Kier alpha value is -0.330. The van der Waals surface area contributed by atoms with Gasteiger partial charge in [-0.25, -0.2) is 8.42 Å². The van der Waals surface area contributed by atoms with Gasteiger partial charge < -0.3 is 5.11 Å². The molecule has 0 saturated heterocycles. The first-order valence-electron chi connectivity index (χ1n) is 6.26. The number of hydrogen-bond donors (Lipinski definition) is 1. The number of aliphatic hydroxyl groups is 1. The number of aliphatic hydroxyl groups excluding tert-OH is 1. The van der Waals surface area contributed by atoms with Crippen LogP contribution >= 0.6 is 23.2 Å².